The summed E-state index contributed by atoms with van der Waals surface area (Å²) in [6, 6.07) is 21.4. The molecule has 0 atom stereocenters. The monoisotopic (exact) mass is 360 g/mol. The molecule has 0 saturated carbocycles. The molecule has 0 aliphatic carbocycles. The van der Waals surface area contributed by atoms with Crippen molar-refractivity contribution in [1.82, 2.24) is 4.98 Å². The van der Waals surface area contributed by atoms with Crippen LogP contribution in [0.2, 0.25) is 0 Å². The van der Waals surface area contributed by atoms with Gasteiger partial charge in [-0.05, 0) is 42.5 Å². The van der Waals surface area contributed by atoms with Gasteiger partial charge in [-0.25, -0.2) is 0 Å². The number of thioether (sulfide) groups is 1. The second-order valence-electron chi connectivity index (χ2n) is 5.71. The summed E-state index contributed by atoms with van der Waals surface area (Å²) >= 11 is 1.67. The maximum atomic E-state index is 12.7. The normalized spacial score (nSPS) is 10.8. The summed E-state index contributed by atoms with van der Waals surface area (Å²) in [7, 11) is 0. The van der Waals surface area contributed by atoms with Crippen molar-refractivity contribution in [3.05, 3.63) is 90.5 Å². The Kier molecular flexibility index (Phi) is 4.71. The number of furan rings is 1. The minimum absolute atomic E-state index is 0.255. The first-order chi connectivity index (χ1) is 12.8. The fourth-order valence-corrected chi connectivity index (χ4v) is 3.62. The fourth-order valence-electron chi connectivity index (χ4n) is 2.72. The van der Waals surface area contributed by atoms with Gasteiger partial charge in [-0.1, -0.05) is 24.3 Å². The lowest BCUT2D eigenvalue weighted by molar-refractivity contribution is 0.0996. The van der Waals surface area contributed by atoms with E-state index in [2.05, 4.69) is 10.3 Å². The van der Waals surface area contributed by atoms with Crippen molar-refractivity contribution in [3.8, 4) is 0 Å². The van der Waals surface area contributed by atoms with Gasteiger partial charge >= 0.3 is 0 Å². The second-order valence-corrected chi connectivity index (χ2v) is 6.76. The van der Waals surface area contributed by atoms with Crippen LogP contribution in [0.15, 0.2) is 88.5 Å². The van der Waals surface area contributed by atoms with E-state index in [1.165, 1.54) is 0 Å². The maximum Gasteiger partial charge on any atom is 0.291 e. The number of rotatable bonds is 5. The Morgan fingerprint density at radius 2 is 1.88 bits per heavy atom. The molecular formula is C21H16N2O2S. The van der Waals surface area contributed by atoms with E-state index in [0.29, 0.717) is 11.5 Å². The molecule has 128 valence electrons. The van der Waals surface area contributed by atoms with Gasteiger partial charge in [0.1, 0.15) is 0 Å². The van der Waals surface area contributed by atoms with Gasteiger partial charge in [-0.15, -0.1) is 11.8 Å². The van der Waals surface area contributed by atoms with E-state index in [4.69, 9.17) is 4.42 Å². The number of carbonyl (C=O) groups is 1. The van der Waals surface area contributed by atoms with Crippen molar-refractivity contribution in [2.75, 3.05) is 5.32 Å². The molecule has 0 saturated heterocycles. The summed E-state index contributed by atoms with van der Waals surface area (Å²) in [4.78, 5) is 18.2. The van der Waals surface area contributed by atoms with Crippen LogP contribution in [-0.4, -0.2) is 10.9 Å². The molecule has 0 aliphatic rings. The van der Waals surface area contributed by atoms with Gasteiger partial charge in [-0.2, -0.15) is 0 Å². The number of benzene rings is 2. The average molecular weight is 360 g/mol. The van der Waals surface area contributed by atoms with E-state index in [1.54, 1.807) is 24.2 Å². The number of carbonyl (C=O) groups excluding carboxylic acids is 1. The largest absolute Gasteiger partial charge is 0.459 e. The molecule has 1 amide bonds. The van der Waals surface area contributed by atoms with Crippen LogP contribution >= 0.6 is 11.8 Å². The van der Waals surface area contributed by atoms with E-state index in [-0.39, 0.29) is 5.91 Å². The summed E-state index contributed by atoms with van der Waals surface area (Å²) in [6.45, 7) is 0. The lowest BCUT2D eigenvalue weighted by Crippen LogP contribution is -2.13. The predicted molar refractivity (Wildman–Crippen MR) is 104 cm³/mol. The minimum atomic E-state index is -0.255. The first kappa shape index (κ1) is 16.4. The molecule has 0 unspecified atom stereocenters. The Morgan fingerprint density at radius 3 is 2.77 bits per heavy atom. The molecule has 2 heterocycles. The number of pyridine rings is 1. The van der Waals surface area contributed by atoms with E-state index in [1.807, 2.05) is 66.7 Å². The van der Waals surface area contributed by atoms with Crippen LogP contribution in [-0.2, 0) is 5.75 Å². The summed E-state index contributed by atoms with van der Waals surface area (Å²) in [5.41, 5.74) is 2.43. The van der Waals surface area contributed by atoms with Crippen LogP contribution < -0.4 is 5.32 Å². The summed E-state index contributed by atoms with van der Waals surface area (Å²) < 4.78 is 5.46. The zero-order chi connectivity index (χ0) is 17.8. The molecule has 4 nitrogen and oxygen atoms in total. The SMILES string of the molecule is O=C(Nc1cccc2ncccc12)c1occc1CSc1ccccc1. The maximum absolute atomic E-state index is 12.7. The number of nitrogens with one attached hydrogen (secondary N) is 1. The first-order valence-electron chi connectivity index (χ1n) is 8.20. The number of fused-ring (bicyclic) bond motifs is 1. The predicted octanol–water partition coefficient (Wildman–Crippen LogP) is 5.37. The molecule has 0 radical (unpaired) electrons. The molecule has 4 aromatic rings. The Morgan fingerprint density at radius 1 is 1.00 bits per heavy atom. The highest BCUT2D eigenvalue weighted by atomic mass is 32.2. The van der Waals surface area contributed by atoms with Crippen LogP contribution in [0.4, 0.5) is 5.69 Å². The van der Waals surface area contributed by atoms with E-state index in [9.17, 15) is 4.79 Å². The Bertz CT molecular complexity index is 1040. The molecule has 5 heteroatoms. The van der Waals surface area contributed by atoms with Gasteiger partial charge in [0, 0.05) is 27.8 Å². The zero-order valence-corrected chi connectivity index (χ0v) is 14.7. The summed E-state index contributed by atoms with van der Waals surface area (Å²) in [5, 5.41) is 3.84. The smallest absolute Gasteiger partial charge is 0.291 e. The van der Waals surface area contributed by atoms with Crippen molar-refractivity contribution < 1.29 is 9.21 Å². The van der Waals surface area contributed by atoms with E-state index >= 15 is 0 Å². The van der Waals surface area contributed by atoms with Gasteiger partial charge in [0.25, 0.3) is 5.91 Å². The van der Waals surface area contributed by atoms with Crippen molar-refractivity contribution >= 4 is 34.3 Å². The van der Waals surface area contributed by atoms with Gasteiger partial charge in [0.2, 0.25) is 0 Å². The third-order valence-corrected chi connectivity index (χ3v) is 5.05. The number of hydrogen-bond acceptors (Lipinski definition) is 4. The van der Waals surface area contributed by atoms with Crippen LogP contribution in [0.3, 0.4) is 0 Å². The number of amides is 1. The third kappa shape index (κ3) is 3.48. The number of aromatic nitrogens is 1. The molecule has 0 fully saturated rings. The Balaban J connectivity index is 1.53. The van der Waals surface area contributed by atoms with Gasteiger partial charge in [0.15, 0.2) is 5.76 Å². The van der Waals surface area contributed by atoms with Crippen molar-refractivity contribution in [2.45, 2.75) is 10.6 Å². The second kappa shape index (κ2) is 7.45. The highest BCUT2D eigenvalue weighted by molar-refractivity contribution is 7.98. The molecule has 4 rings (SSSR count). The van der Waals surface area contributed by atoms with Crippen molar-refractivity contribution in [2.24, 2.45) is 0 Å². The lowest BCUT2D eigenvalue weighted by atomic mass is 10.1. The molecule has 26 heavy (non-hydrogen) atoms. The highest BCUT2D eigenvalue weighted by Gasteiger charge is 2.16. The third-order valence-electron chi connectivity index (χ3n) is 3.98. The van der Waals surface area contributed by atoms with Crippen molar-refractivity contribution in [1.29, 1.82) is 0 Å². The molecule has 0 aliphatic heterocycles. The standard InChI is InChI=1S/C21H16N2O2S/c24-21(23-19-10-4-9-18-17(19)8-5-12-22-18)20-15(11-13-25-20)14-26-16-6-2-1-3-7-16/h1-13H,14H2,(H,23,24). The van der Waals surface area contributed by atoms with Crippen LogP contribution in [0.1, 0.15) is 16.1 Å². The topological polar surface area (TPSA) is 55.1 Å². The quantitative estimate of drug-likeness (QED) is 0.486. The van der Waals surface area contributed by atoms with E-state index in [0.717, 1.165) is 27.0 Å². The highest BCUT2D eigenvalue weighted by Crippen LogP contribution is 2.26. The average Bonchev–Trinajstić information content (AvgIpc) is 3.16. The van der Waals surface area contributed by atoms with Gasteiger partial charge in [-0.3, -0.25) is 9.78 Å². The fraction of sp³-hybridized carbons (Fsp3) is 0.0476. The van der Waals surface area contributed by atoms with Crippen LogP contribution in [0.25, 0.3) is 10.9 Å². The molecule has 0 spiro atoms. The van der Waals surface area contributed by atoms with Gasteiger partial charge in [0.05, 0.1) is 17.5 Å². The van der Waals surface area contributed by atoms with Crippen LogP contribution in [0.5, 0.6) is 0 Å². The molecule has 0 bridgehead atoms. The van der Waals surface area contributed by atoms with Crippen LogP contribution in [0, 0.1) is 0 Å². The lowest BCUT2D eigenvalue weighted by Gasteiger charge is -2.08. The molecule has 2 aromatic heterocycles. The molecule has 1 N–H and O–H groups in total. The zero-order valence-electron chi connectivity index (χ0n) is 13.9. The Hall–Kier alpha value is -3.05. The summed E-state index contributed by atoms with van der Waals surface area (Å²) in [6.07, 6.45) is 3.29. The molecular weight excluding hydrogens is 344 g/mol. The summed E-state index contributed by atoms with van der Waals surface area (Å²) in [5.74, 6) is 0.754. The first-order valence-corrected chi connectivity index (χ1v) is 9.19. The van der Waals surface area contributed by atoms with Gasteiger partial charge < -0.3 is 9.73 Å². The Labute approximate surface area is 155 Å². The molecule has 2 aromatic carbocycles. The minimum Gasteiger partial charge on any atom is -0.459 e. The van der Waals surface area contributed by atoms with E-state index < -0.39 is 0 Å². The number of anilines is 1. The number of nitrogens with zero attached hydrogens (tertiary/aromatic N) is 1. The number of hydrogen-bond donors (Lipinski definition) is 1. The van der Waals surface area contributed by atoms with Crippen molar-refractivity contribution in [3.63, 3.8) is 0 Å².